The normalized spacial score (nSPS) is 17.9. The topological polar surface area (TPSA) is 80.3 Å². The molecule has 2 fully saturated rings. The molecule has 3 rings (SSSR count). The molecule has 2 aliphatic heterocycles. The number of nitrogens with zero attached hydrogens (tertiary/aromatic N) is 4. The number of hydrogen-bond donors (Lipinski definition) is 2. The molecule has 0 spiro atoms. The molecular formula is C24H39IN6O2. The van der Waals surface area contributed by atoms with Gasteiger partial charge in [-0.05, 0) is 32.3 Å². The average molecular weight is 571 g/mol. The third-order valence-corrected chi connectivity index (χ3v) is 6.20. The van der Waals surface area contributed by atoms with Crippen LogP contribution in [-0.4, -0.2) is 90.9 Å². The second kappa shape index (κ2) is 14.4. The van der Waals surface area contributed by atoms with Gasteiger partial charge in [0.05, 0.1) is 12.6 Å². The summed E-state index contributed by atoms with van der Waals surface area (Å²) < 4.78 is 0. The molecule has 0 bridgehead atoms. The van der Waals surface area contributed by atoms with Crippen molar-refractivity contribution in [2.75, 3.05) is 52.4 Å². The lowest BCUT2D eigenvalue weighted by Gasteiger charge is -2.39. The first-order chi connectivity index (χ1) is 15.6. The molecular weight excluding hydrogens is 531 g/mol. The van der Waals surface area contributed by atoms with Crippen LogP contribution < -0.4 is 10.6 Å². The van der Waals surface area contributed by atoms with Gasteiger partial charge in [0.1, 0.15) is 0 Å². The maximum atomic E-state index is 12.7. The number of carbonyl (C=O) groups excluding carboxylic acids is 2. The SMILES string of the molecule is CCNC(=NCCC(=O)NCc1ccccc1)N1CCN(C(C)C(=O)N2CCCC2)CC1.I. The third-order valence-electron chi connectivity index (χ3n) is 6.20. The fourth-order valence-corrected chi connectivity index (χ4v) is 4.25. The molecule has 2 heterocycles. The smallest absolute Gasteiger partial charge is 0.239 e. The number of piperazine rings is 1. The molecule has 0 saturated carbocycles. The molecule has 184 valence electrons. The Morgan fingerprint density at radius 3 is 2.27 bits per heavy atom. The molecule has 9 heteroatoms. The number of aliphatic imine (C=N–C) groups is 1. The fourth-order valence-electron chi connectivity index (χ4n) is 4.25. The summed E-state index contributed by atoms with van der Waals surface area (Å²) in [4.78, 5) is 36.1. The van der Waals surface area contributed by atoms with E-state index in [1.807, 2.05) is 42.2 Å². The molecule has 8 nitrogen and oxygen atoms in total. The van der Waals surface area contributed by atoms with Crippen molar-refractivity contribution < 1.29 is 9.59 Å². The first kappa shape index (κ1) is 27.4. The second-order valence-electron chi connectivity index (χ2n) is 8.48. The van der Waals surface area contributed by atoms with Crippen LogP contribution in [0.25, 0.3) is 0 Å². The molecule has 0 aromatic heterocycles. The highest BCUT2D eigenvalue weighted by molar-refractivity contribution is 14.0. The molecule has 1 unspecified atom stereocenters. The van der Waals surface area contributed by atoms with Crippen LogP contribution in [0.2, 0.25) is 0 Å². The van der Waals surface area contributed by atoms with E-state index in [4.69, 9.17) is 0 Å². The minimum atomic E-state index is -0.0666. The highest BCUT2D eigenvalue weighted by atomic mass is 127. The van der Waals surface area contributed by atoms with Gasteiger partial charge in [0.15, 0.2) is 5.96 Å². The summed E-state index contributed by atoms with van der Waals surface area (Å²) in [5, 5.41) is 6.30. The lowest BCUT2D eigenvalue weighted by atomic mass is 10.2. The standard InChI is InChI=1S/C24H38N6O2.HI/c1-3-25-24(26-12-11-22(31)27-19-21-9-5-4-6-10-21)30-17-15-28(16-18-30)20(2)23(32)29-13-7-8-14-29;/h4-6,9-10,20H,3,7-8,11-19H2,1-2H3,(H,25,26)(H,27,31);1H. The van der Waals surface area contributed by atoms with Crippen molar-refractivity contribution in [3.05, 3.63) is 35.9 Å². The van der Waals surface area contributed by atoms with Crippen molar-refractivity contribution in [3.63, 3.8) is 0 Å². The maximum absolute atomic E-state index is 12.7. The van der Waals surface area contributed by atoms with Gasteiger partial charge in [-0.15, -0.1) is 24.0 Å². The van der Waals surface area contributed by atoms with Crippen molar-refractivity contribution in [1.82, 2.24) is 25.3 Å². The minimum Gasteiger partial charge on any atom is -0.357 e. The van der Waals surface area contributed by atoms with Crippen molar-refractivity contribution in [2.45, 2.75) is 45.7 Å². The van der Waals surface area contributed by atoms with Gasteiger partial charge in [0.2, 0.25) is 11.8 Å². The lowest BCUT2D eigenvalue weighted by molar-refractivity contribution is -0.135. The number of guanidine groups is 1. The Kier molecular flexibility index (Phi) is 11.9. The number of halogens is 1. The van der Waals surface area contributed by atoms with E-state index in [-0.39, 0.29) is 41.8 Å². The number of hydrogen-bond acceptors (Lipinski definition) is 4. The number of amides is 2. The summed E-state index contributed by atoms with van der Waals surface area (Å²) in [6.45, 7) is 11.0. The van der Waals surface area contributed by atoms with E-state index in [0.29, 0.717) is 19.5 Å². The third kappa shape index (κ3) is 8.44. The fraction of sp³-hybridized carbons (Fsp3) is 0.625. The van der Waals surface area contributed by atoms with Crippen LogP contribution in [-0.2, 0) is 16.1 Å². The zero-order valence-electron chi connectivity index (χ0n) is 20.0. The van der Waals surface area contributed by atoms with Gasteiger partial charge in [0.25, 0.3) is 0 Å². The number of nitrogens with one attached hydrogen (secondary N) is 2. The number of likely N-dealkylation sites (tertiary alicyclic amines) is 1. The Balaban J connectivity index is 0.00000385. The van der Waals surface area contributed by atoms with Gasteiger partial charge >= 0.3 is 0 Å². The predicted octanol–water partition coefficient (Wildman–Crippen LogP) is 1.90. The Morgan fingerprint density at radius 2 is 1.64 bits per heavy atom. The Hall–Kier alpha value is -1.88. The van der Waals surface area contributed by atoms with Gasteiger partial charge in [-0.2, -0.15) is 0 Å². The van der Waals surface area contributed by atoms with Gasteiger partial charge in [-0.3, -0.25) is 19.5 Å². The number of rotatable bonds is 8. The van der Waals surface area contributed by atoms with E-state index < -0.39 is 0 Å². The summed E-state index contributed by atoms with van der Waals surface area (Å²) in [5.74, 6) is 1.12. The van der Waals surface area contributed by atoms with Crippen LogP contribution in [0, 0.1) is 0 Å². The minimum absolute atomic E-state index is 0. The number of carbonyl (C=O) groups is 2. The van der Waals surface area contributed by atoms with Crippen molar-refractivity contribution in [2.24, 2.45) is 4.99 Å². The van der Waals surface area contributed by atoms with E-state index >= 15 is 0 Å². The van der Waals surface area contributed by atoms with E-state index in [1.54, 1.807) is 0 Å². The highest BCUT2D eigenvalue weighted by Crippen LogP contribution is 2.14. The quantitative estimate of drug-likeness (QED) is 0.284. The van der Waals surface area contributed by atoms with Crippen LogP contribution in [0.5, 0.6) is 0 Å². The molecule has 2 N–H and O–H groups in total. The van der Waals surface area contributed by atoms with E-state index in [0.717, 1.165) is 70.2 Å². The summed E-state index contributed by atoms with van der Waals surface area (Å²) in [7, 11) is 0. The zero-order chi connectivity index (χ0) is 22.8. The van der Waals surface area contributed by atoms with Crippen molar-refractivity contribution in [1.29, 1.82) is 0 Å². The van der Waals surface area contributed by atoms with E-state index in [9.17, 15) is 9.59 Å². The molecule has 0 radical (unpaired) electrons. The van der Waals surface area contributed by atoms with E-state index in [1.165, 1.54) is 0 Å². The van der Waals surface area contributed by atoms with Gasteiger partial charge in [-0.25, -0.2) is 0 Å². The summed E-state index contributed by atoms with van der Waals surface area (Å²) in [5.41, 5.74) is 1.09. The van der Waals surface area contributed by atoms with Crippen LogP contribution in [0.3, 0.4) is 0 Å². The molecule has 1 atom stereocenters. The monoisotopic (exact) mass is 570 g/mol. The van der Waals surface area contributed by atoms with E-state index in [2.05, 4.69) is 32.3 Å². The second-order valence-corrected chi connectivity index (χ2v) is 8.48. The van der Waals surface area contributed by atoms with Crippen LogP contribution in [0.15, 0.2) is 35.3 Å². The summed E-state index contributed by atoms with van der Waals surface area (Å²) in [6, 6.07) is 9.84. The Labute approximate surface area is 215 Å². The van der Waals surface area contributed by atoms with Gasteiger partial charge in [-0.1, -0.05) is 30.3 Å². The summed E-state index contributed by atoms with van der Waals surface area (Å²) >= 11 is 0. The molecule has 2 aliphatic rings. The molecule has 33 heavy (non-hydrogen) atoms. The Bertz CT molecular complexity index is 761. The van der Waals surface area contributed by atoms with Crippen LogP contribution >= 0.6 is 24.0 Å². The Morgan fingerprint density at radius 1 is 0.970 bits per heavy atom. The van der Waals surface area contributed by atoms with Crippen molar-refractivity contribution >= 4 is 41.8 Å². The molecule has 0 aliphatic carbocycles. The first-order valence-electron chi connectivity index (χ1n) is 11.9. The summed E-state index contributed by atoms with van der Waals surface area (Å²) in [6.07, 6.45) is 2.61. The predicted molar refractivity (Wildman–Crippen MR) is 143 cm³/mol. The molecule has 2 saturated heterocycles. The van der Waals surface area contributed by atoms with Crippen molar-refractivity contribution in [3.8, 4) is 0 Å². The number of benzene rings is 1. The van der Waals surface area contributed by atoms with Gasteiger partial charge < -0.3 is 20.4 Å². The first-order valence-corrected chi connectivity index (χ1v) is 11.9. The molecule has 2 amide bonds. The lowest BCUT2D eigenvalue weighted by Crippen LogP contribution is -2.57. The maximum Gasteiger partial charge on any atom is 0.239 e. The average Bonchev–Trinajstić information content (AvgIpc) is 3.37. The highest BCUT2D eigenvalue weighted by Gasteiger charge is 2.30. The molecule has 1 aromatic carbocycles. The van der Waals surface area contributed by atoms with Crippen LogP contribution in [0.1, 0.15) is 38.7 Å². The van der Waals surface area contributed by atoms with Crippen LogP contribution in [0.4, 0.5) is 0 Å². The van der Waals surface area contributed by atoms with Gasteiger partial charge in [0, 0.05) is 58.8 Å². The largest absolute Gasteiger partial charge is 0.357 e. The molecule has 1 aromatic rings. The zero-order valence-corrected chi connectivity index (χ0v) is 22.3.